The molecule has 0 saturated heterocycles. The Morgan fingerprint density at radius 1 is 1.35 bits per heavy atom. The van der Waals surface area contributed by atoms with Crippen LogP contribution in [0.3, 0.4) is 0 Å². The molecule has 2 rings (SSSR count). The van der Waals surface area contributed by atoms with E-state index in [-0.39, 0.29) is 5.12 Å². The fourth-order valence-corrected chi connectivity index (χ4v) is 5.37. The molecule has 0 aromatic carbocycles. The van der Waals surface area contributed by atoms with Gasteiger partial charge in [0.05, 0.1) is 10.1 Å². The Morgan fingerprint density at radius 3 is 2.47 bits per heavy atom. The smallest absolute Gasteiger partial charge is 0.315 e. The number of carboxylic acid groups (broad SMARTS) is 1. The van der Waals surface area contributed by atoms with Crippen LogP contribution in [0.25, 0.3) is 0 Å². The second-order valence-electron chi connectivity index (χ2n) is 3.66. The number of hydrogen-bond acceptors (Lipinski definition) is 3. The summed E-state index contributed by atoms with van der Waals surface area (Å²) in [7, 11) is -2.03. The SMILES string of the molecule is CC(C(=O)O)S1(C(=O)c2cccs2)C=CC=C1. The molecular formula is C12H12O3S2. The summed E-state index contributed by atoms with van der Waals surface area (Å²) in [5.74, 6) is -0.930. The van der Waals surface area contributed by atoms with Crippen LogP contribution < -0.4 is 0 Å². The summed E-state index contributed by atoms with van der Waals surface area (Å²) in [5.41, 5.74) is 0. The lowest BCUT2D eigenvalue weighted by molar-refractivity contribution is -0.136. The molecule has 0 saturated carbocycles. The molecule has 0 radical (unpaired) electrons. The van der Waals surface area contributed by atoms with E-state index >= 15 is 0 Å². The number of thiophene rings is 1. The first kappa shape index (κ1) is 12.1. The van der Waals surface area contributed by atoms with Crippen molar-refractivity contribution in [3.05, 3.63) is 45.4 Å². The minimum Gasteiger partial charge on any atom is -0.480 e. The molecule has 0 spiro atoms. The van der Waals surface area contributed by atoms with Crippen LogP contribution in [0.1, 0.15) is 16.6 Å². The molecule has 0 aliphatic carbocycles. The largest absolute Gasteiger partial charge is 0.480 e. The van der Waals surface area contributed by atoms with Crippen molar-refractivity contribution >= 4 is 32.4 Å². The first-order chi connectivity index (χ1) is 8.08. The maximum Gasteiger partial charge on any atom is 0.315 e. The highest BCUT2D eigenvalue weighted by Gasteiger charge is 2.39. The second kappa shape index (κ2) is 4.50. The lowest BCUT2D eigenvalue weighted by Crippen LogP contribution is -2.26. The van der Waals surface area contributed by atoms with Crippen molar-refractivity contribution in [2.45, 2.75) is 12.2 Å². The Balaban J connectivity index is 2.43. The molecule has 1 N–H and O–H groups in total. The molecule has 0 bridgehead atoms. The van der Waals surface area contributed by atoms with Gasteiger partial charge in [-0.15, -0.1) is 21.4 Å². The van der Waals surface area contributed by atoms with E-state index in [1.54, 1.807) is 42.0 Å². The predicted octanol–water partition coefficient (Wildman–Crippen LogP) is 3.21. The van der Waals surface area contributed by atoms with Crippen molar-refractivity contribution in [2.75, 3.05) is 0 Å². The number of carbonyl (C=O) groups excluding carboxylic acids is 1. The number of aliphatic carboxylic acids is 1. The molecule has 5 heteroatoms. The van der Waals surface area contributed by atoms with Crippen LogP contribution in [-0.2, 0) is 4.79 Å². The molecule has 0 fully saturated rings. The number of rotatable bonds is 3. The van der Waals surface area contributed by atoms with Crippen LogP contribution in [0.4, 0.5) is 0 Å². The van der Waals surface area contributed by atoms with Gasteiger partial charge in [0.25, 0.3) is 0 Å². The van der Waals surface area contributed by atoms with E-state index in [4.69, 9.17) is 5.11 Å². The molecule has 2 heterocycles. The van der Waals surface area contributed by atoms with Crippen molar-refractivity contribution in [3.8, 4) is 0 Å². The number of allylic oxidation sites excluding steroid dienone is 2. The number of carboxylic acids is 1. The van der Waals surface area contributed by atoms with E-state index < -0.39 is 21.2 Å². The standard InChI is InChI=1S/C12H12O3S2/c1-9(11(13)14)17(7-2-3-8-17)12(15)10-5-4-6-16-10/h2-9H,1H3,(H,13,14). The third kappa shape index (κ3) is 1.96. The van der Waals surface area contributed by atoms with Crippen molar-refractivity contribution in [1.82, 2.24) is 0 Å². The molecule has 90 valence electrons. The summed E-state index contributed by atoms with van der Waals surface area (Å²) >= 11 is 1.36. The van der Waals surface area contributed by atoms with Crippen molar-refractivity contribution in [1.29, 1.82) is 0 Å². The fraction of sp³-hybridized carbons (Fsp3) is 0.167. The minimum absolute atomic E-state index is 0.0626. The zero-order chi connectivity index (χ0) is 12.5. The Morgan fingerprint density at radius 2 is 2.00 bits per heavy atom. The van der Waals surface area contributed by atoms with Gasteiger partial charge in [0.2, 0.25) is 5.12 Å². The number of carbonyl (C=O) groups is 2. The second-order valence-corrected chi connectivity index (χ2v) is 7.76. The van der Waals surface area contributed by atoms with Gasteiger partial charge >= 0.3 is 5.97 Å². The molecule has 1 aromatic rings. The van der Waals surface area contributed by atoms with E-state index in [9.17, 15) is 9.59 Å². The number of hydrogen-bond donors (Lipinski definition) is 1. The highest BCUT2D eigenvalue weighted by molar-refractivity contribution is 8.50. The van der Waals surface area contributed by atoms with E-state index in [1.165, 1.54) is 11.3 Å². The molecule has 1 atom stereocenters. The summed E-state index contributed by atoms with van der Waals surface area (Å²) in [6, 6.07) is 3.55. The molecule has 0 amide bonds. The fourth-order valence-electron chi connectivity index (χ4n) is 1.65. The topological polar surface area (TPSA) is 54.4 Å². The Kier molecular flexibility index (Phi) is 3.22. The van der Waals surface area contributed by atoms with Gasteiger partial charge in [-0.05, 0) is 29.2 Å². The first-order valence-electron chi connectivity index (χ1n) is 5.05. The lowest BCUT2D eigenvalue weighted by atomic mass is 10.5. The average Bonchev–Trinajstić information content (AvgIpc) is 2.99. The Bertz CT molecular complexity index is 488. The van der Waals surface area contributed by atoms with Gasteiger partial charge in [-0.2, -0.15) is 0 Å². The van der Waals surface area contributed by atoms with Crippen LogP contribution in [0.5, 0.6) is 0 Å². The lowest BCUT2D eigenvalue weighted by Gasteiger charge is -2.33. The quantitative estimate of drug-likeness (QED) is 0.915. The van der Waals surface area contributed by atoms with Crippen molar-refractivity contribution < 1.29 is 14.7 Å². The molecule has 1 unspecified atom stereocenters. The summed E-state index contributed by atoms with van der Waals surface area (Å²) < 4.78 is 0. The highest BCUT2D eigenvalue weighted by Crippen LogP contribution is 2.60. The molecule has 17 heavy (non-hydrogen) atoms. The van der Waals surface area contributed by atoms with Crippen LogP contribution in [0.2, 0.25) is 0 Å². The van der Waals surface area contributed by atoms with E-state index in [2.05, 4.69) is 0 Å². The van der Waals surface area contributed by atoms with Crippen LogP contribution >= 0.6 is 21.4 Å². The summed E-state index contributed by atoms with van der Waals surface area (Å²) in [5, 5.41) is 13.8. The molecular weight excluding hydrogens is 256 g/mol. The summed E-state index contributed by atoms with van der Waals surface area (Å²) in [6.45, 7) is 1.60. The van der Waals surface area contributed by atoms with Gasteiger partial charge in [-0.1, -0.05) is 18.2 Å². The van der Waals surface area contributed by atoms with Gasteiger partial charge < -0.3 is 5.11 Å². The molecule has 3 nitrogen and oxygen atoms in total. The molecule has 1 aliphatic heterocycles. The highest BCUT2D eigenvalue weighted by atomic mass is 32.3. The maximum absolute atomic E-state index is 12.5. The summed E-state index contributed by atoms with van der Waals surface area (Å²) in [6.07, 6.45) is 3.53. The molecule has 1 aliphatic rings. The van der Waals surface area contributed by atoms with Gasteiger partial charge in [-0.25, -0.2) is 0 Å². The molecule has 1 aromatic heterocycles. The minimum atomic E-state index is -2.03. The predicted molar refractivity (Wildman–Crippen MR) is 71.6 cm³/mol. The van der Waals surface area contributed by atoms with Gasteiger partial charge in [0.1, 0.15) is 0 Å². The van der Waals surface area contributed by atoms with Gasteiger partial charge in [0, 0.05) is 0 Å². The van der Waals surface area contributed by atoms with Gasteiger partial charge in [0.15, 0.2) is 0 Å². The third-order valence-corrected chi connectivity index (χ3v) is 7.14. The Labute approximate surface area is 105 Å². The van der Waals surface area contributed by atoms with E-state index in [0.29, 0.717) is 4.88 Å². The zero-order valence-electron chi connectivity index (χ0n) is 9.20. The third-order valence-electron chi connectivity index (χ3n) is 2.69. The van der Waals surface area contributed by atoms with Gasteiger partial charge in [-0.3, -0.25) is 9.59 Å². The monoisotopic (exact) mass is 268 g/mol. The first-order valence-corrected chi connectivity index (χ1v) is 7.76. The van der Waals surface area contributed by atoms with Crippen LogP contribution in [-0.4, -0.2) is 21.4 Å². The normalized spacial score (nSPS) is 20.1. The van der Waals surface area contributed by atoms with Crippen LogP contribution in [0.15, 0.2) is 40.5 Å². The van der Waals surface area contributed by atoms with E-state index in [1.807, 2.05) is 5.38 Å². The summed E-state index contributed by atoms with van der Waals surface area (Å²) in [4.78, 5) is 24.3. The van der Waals surface area contributed by atoms with Crippen molar-refractivity contribution in [3.63, 3.8) is 0 Å². The Hall–Kier alpha value is -1.33. The van der Waals surface area contributed by atoms with E-state index in [0.717, 1.165) is 0 Å². The van der Waals surface area contributed by atoms with Crippen molar-refractivity contribution in [2.24, 2.45) is 0 Å². The average molecular weight is 268 g/mol. The maximum atomic E-state index is 12.5. The van der Waals surface area contributed by atoms with Crippen LogP contribution in [0, 0.1) is 0 Å². The zero-order valence-corrected chi connectivity index (χ0v) is 10.8.